The first-order valence-electron chi connectivity index (χ1n) is 7.10. The molecule has 0 bridgehead atoms. The number of amides is 1. The lowest BCUT2D eigenvalue weighted by molar-refractivity contribution is -0.117. The van der Waals surface area contributed by atoms with Gasteiger partial charge in [-0.3, -0.25) is 4.79 Å². The number of hydrogen-bond donors (Lipinski definition) is 3. The summed E-state index contributed by atoms with van der Waals surface area (Å²) in [7, 11) is 0. The zero-order valence-electron chi connectivity index (χ0n) is 11.9. The molecule has 1 aromatic carbocycles. The Morgan fingerprint density at radius 2 is 2.00 bits per heavy atom. The molecule has 0 aromatic heterocycles. The quantitative estimate of drug-likeness (QED) is 0.337. The van der Waals surface area contributed by atoms with Gasteiger partial charge in [0.2, 0.25) is 5.91 Å². The number of nitrogens with zero attached hydrogens (tertiary/aromatic N) is 1. The molecule has 0 unspecified atom stereocenters. The average Bonchev–Trinajstić information content (AvgIpc) is 2.50. The molecule has 1 aliphatic heterocycles. The van der Waals surface area contributed by atoms with Crippen molar-refractivity contribution >= 4 is 29.2 Å². The minimum absolute atomic E-state index is 0.0797. The van der Waals surface area contributed by atoms with Crippen molar-refractivity contribution in [1.82, 2.24) is 0 Å². The molecule has 1 heterocycles. The first-order chi connectivity index (χ1) is 10.2. The van der Waals surface area contributed by atoms with Gasteiger partial charge in [-0.1, -0.05) is 17.3 Å². The topological polar surface area (TPSA) is 87.7 Å². The molecule has 0 saturated carbocycles. The summed E-state index contributed by atoms with van der Waals surface area (Å²) in [4.78, 5) is 12.0. The van der Waals surface area contributed by atoms with Gasteiger partial charge in [0.25, 0.3) is 0 Å². The predicted molar refractivity (Wildman–Crippen MR) is 86.9 cm³/mol. The molecule has 114 valence electrons. The SMILES string of the molecule is N/C(Cc1ccc(NC(=O)CC2CCSCC2)cc1)=N/O. The zero-order valence-corrected chi connectivity index (χ0v) is 12.7. The highest BCUT2D eigenvalue weighted by molar-refractivity contribution is 7.99. The Kier molecular flexibility index (Phi) is 5.92. The molecule has 1 aromatic rings. The molecular formula is C15H21N3O2S. The molecule has 4 N–H and O–H groups in total. The van der Waals surface area contributed by atoms with Gasteiger partial charge in [0.1, 0.15) is 5.84 Å². The monoisotopic (exact) mass is 307 g/mol. The van der Waals surface area contributed by atoms with E-state index in [9.17, 15) is 4.79 Å². The van der Waals surface area contributed by atoms with Gasteiger partial charge < -0.3 is 16.3 Å². The van der Waals surface area contributed by atoms with E-state index in [1.165, 1.54) is 11.5 Å². The Morgan fingerprint density at radius 3 is 2.62 bits per heavy atom. The second-order valence-corrected chi connectivity index (χ2v) is 6.50. The van der Waals surface area contributed by atoms with Crippen LogP contribution in [0.1, 0.15) is 24.8 Å². The lowest BCUT2D eigenvalue weighted by Crippen LogP contribution is -2.19. The van der Waals surface area contributed by atoms with E-state index in [2.05, 4.69) is 10.5 Å². The predicted octanol–water partition coefficient (Wildman–Crippen LogP) is 2.45. The number of hydrogen-bond acceptors (Lipinski definition) is 4. The summed E-state index contributed by atoms with van der Waals surface area (Å²) < 4.78 is 0. The van der Waals surface area contributed by atoms with Crippen molar-refractivity contribution < 1.29 is 10.0 Å². The van der Waals surface area contributed by atoms with Crippen LogP contribution in [0.2, 0.25) is 0 Å². The molecule has 6 heteroatoms. The molecule has 0 aliphatic carbocycles. The fraction of sp³-hybridized carbons (Fsp3) is 0.467. The maximum Gasteiger partial charge on any atom is 0.224 e. The molecule has 0 spiro atoms. The second kappa shape index (κ2) is 7.93. The number of anilines is 1. The Morgan fingerprint density at radius 1 is 1.33 bits per heavy atom. The van der Waals surface area contributed by atoms with E-state index in [0.29, 0.717) is 18.8 Å². The van der Waals surface area contributed by atoms with E-state index in [4.69, 9.17) is 10.9 Å². The summed E-state index contributed by atoms with van der Waals surface area (Å²) in [5.41, 5.74) is 7.18. The first-order valence-corrected chi connectivity index (χ1v) is 8.26. The molecule has 1 amide bonds. The van der Waals surface area contributed by atoms with Crippen molar-refractivity contribution in [1.29, 1.82) is 0 Å². The smallest absolute Gasteiger partial charge is 0.224 e. The highest BCUT2D eigenvalue weighted by atomic mass is 32.2. The molecule has 1 saturated heterocycles. The van der Waals surface area contributed by atoms with Crippen LogP contribution in [0.15, 0.2) is 29.4 Å². The Balaban J connectivity index is 1.83. The van der Waals surface area contributed by atoms with Crippen molar-refractivity contribution in [2.24, 2.45) is 16.8 Å². The number of thioether (sulfide) groups is 1. The number of nitrogens with two attached hydrogens (primary N) is 1. The minimum Gasteiger partial charge on any atom is -0.409 e. The van der Waals surface area contributed by atoms with Gasteiger partial charge >= 0.3 is 0 Å². The van der Waals surface area contributed by atoms with Crippen LogP contribution in [-0.4, -0.2) is 28.5 Å². The molecule has 0 atom stereocenters. The Labute approximate surface area is 129 Å². The summed E-state index contributed by atoms with van der Waals surface area (Å²) in [5, 5.41) is 14.4. The summed E-state index contributed by atoms with van der Waals surface area (Å²) in [5.74, 6) is 3.10. The van der Waals surface area contributed by atoms with E-state index in [-0.39, 0.29) is 11.7 Å². The van der Waals surface area contributed by atoms with Crippen LogP contribution in [0.25, 0.3) is 0 Å². The third kappa shape index (κ3) is 5.30. The normalized spacial score (nSPS) is 16.7. The molecule has 1 fully saturated rings. The van der Waals surface area contributed by atoms with Gasteiger partial charge in [0.15, 0.2) is 0 Å². The van der Waals surface area contributed by atoms with Gasteiger partial charge in [-0.25, -0.2) is 0 Å². The van der Waals surface area contributed by atoms with Crippen molar-refractivity contribution in [3.63, 3.8) is 0 Å². The second-order valence-electron chi connectivity index (χ2n) is 5.27. The van der Waals surface area contributed by atoms with E-state index in [1.54, 1.807) is 0 Å². The number of carbonyl (C=O) groups is 1. The molecule has 2 rings (SSSR count). The summed E-state index contributed by atoms with van der Waals surface area (Å²) in [6, 6.07) is 7.42. The van der Waals surface area contributed by atoms with E-state index >= 15 is 0 Å². The number of oxime groups is 1. The minimum atomic E-state index is 0.0797. The van der Waals surface area contributed by atoms with Crippen LogP contribution in [0, 0.1) is 5.92 Å². The lowest BCUT2D eigenvalue weighted by atomic mass is 9.98. The number of amidine groups is 1. The van der Waals surface area contributed by atoms with E-state index in [1.807, 2.05) is 36.0 Å². The van der Waals surface area contributed by atoms with Crippen molar-refractivity contribution in [2.75, 3.05) is 16.8 Å². The molecule has 5 nitrogen and oxygen atoms in total. The van der Waals surface area contributed by atoms with Crippen molar-refractivity contribution in [3.8, 4) is 0 Å². The van der Waals surface area contributed by atoms with Gasteiger partial charge in [-0.05, 0) is 48.0 Å². The lowest BCUT2D eigenvalue weighted by Gasteiger charge is -2.20. The third-order valence-corrected chi connectivity index (χ3v) is 4.62. The summed E-state index contributed by atoms with van der Waals surface area (Å²) >= 11 is 1.97. The molecule has 21 heavy (non-hydrogen) atoms. The first kappa shape index (κ1) is 15.7. The summed E-state index contributed by atoms with van der Waals surface area (Å²) in [6.07, 6.45) is 3.27. The zero-order chi connectivity index (χ0) is 15.1. The number of benzene rings is 1. The third-order valence-electron chi connectivity index (χ3n) is 3.57. The Hall–Kier alpha value is -1.69. The number of carbonyl (C=O) groups excluding carboxylic acids is 1. The maximum atomic E-state index is 12.0. The fourth-order valence-corrected chi connectivity index (χ4v) is 3.58. The van der Waals surface area contributed by atoms with Crippen LogP contribution in [0.3, 0.4) is 0 Å². The fourth-order valence-electron chi connectivity index (χ4n) is 2.38. The van der Waals surface area contributed by atoms with E-state index < -0.39 is 0 Å². The van der Waals surface area contributed by atoms with Crippen LogP contribution >= 0.6 is 11.8 Å². The van der Waals surface area contributed by atoms with Gasteiger partial charge in [-0.15, -0.1) is 0 Å². The molecule has 1 aliphatic rings. The molecule has 0 radical (unpaired) electrons. The Bertz CT molecular complexity index is 496. The van der Waals surface area contributed by atoms with Gasteiger partial charge in [0.05, 0.1) is 0 Å². The average molecular weight is 307 g/mol. The van der Waals surface area contributed by atoms with Crippen LogP contribution in [0.5, 0.6) is 0 Å². The van der Waals surface area contributed by atoms with Crippen LogP contribution < -0.4 is 11.1 Å². The van der Waals surface area contributed by atoms with Gasteiger partial charge in [0, 0.05) is 18.5 Å². The number of nitrogens with one attached hydrogen (secondary N) is 1. The van der Waals surface area contributed by atoms with Crippen LogP contribution in [-0.2, 0) is 11.2 Å². The summed E-state index contributed by atoms with van der Waals surface area (Å²) in [6.45, 7) is 0. The number of rotatable bonds is 5. The maximum absolute atomic E-state index is 12.0. The van der Waals surface area contributed by atoms with Crippen LogP contribution in [0.4, 0.5) is 5.69 Å². The van der Waals surface area contributed by atoms with E-state index in [0.717, 1.165) is 24.1 Å². The highest BCUT2D eigenvalue weighted by Crippen LogP contribution is 2.25. The standard InChI is InChI=1S/C15H21N3O2S/c16-14(18-20)9-11-1-3-13(4-2-11)17-15(19)10-12-5-7-21-8-6-12/h1-4,12,20H,5-10H2,(H2,16,18)(H,17,19). The van der Waals surface area contributed by atoms with Gasteiger partial charge in [-0.2, -0.15) is 11.8 Å². The van der Waals surface area contributed by atoms with Crippen molar-refractivity contribution in [2.45, 2.75) is 25.7 Å². The highest BCUT2D eigenvalue weighted by Gasteiger charge is 2.17. The van der Waals surface area contributed by atoms with Crippen molar-refractivity contribution in [3.05, 3.63) is 29.8 Å². The largest absolute Gasteiger partial charge is 0.409 e. The molecular weight excluding hydrogens is 286 g/mol.